The minimum atomic E-state index is -0.729. The number of carbonyl (C=O) groups is 2. The second kappa shape index (κ2) is 6.34. The monoisotopic (exact) mass is 271 g/mol. The maximum atomic E-state index is 12.3. The lowest BCUT2D eigenvalue weighted by Crippen LogP contribution is -2.52. The number of hydrogen-bond donors (Lipinski definition) is 2. The van der Waals surface area contributed by atoms with E-state index in [-0.39, 0.29) is 24.4 Å². The van der Waals surface area contributed by atoms with Crippen LogP contribution in [0.25, 0.3) is 0 Å². The number of rotatable bonds is 5. The van der Waals surface area contributed by atoms with E-state index >= 15 is 0 Å². The summed E-state index contributed by atoms with van der Waals surface area (Å²) in [6.45, 7) is 7.18. The molecule has 3 N–H and O–H groups in total. The van der Waals surface area contributed by atoms with Gasteiger partial charge in [0.2, 0.25) is 11.8 Å². The van der Waals surface area contributed by atoms with Crippen LogP contribution in [0.2, 0.25) is 0 Å². The Kier molecular flexibility index (Phi) is 5.31. The van der Waals surface area contributed by atoms with Gasteiger partial charge in [0.15, 0.2) is 0 Å². The molecule has 6 heteroatoms. The minimum Gasteiger partial charge on any atom is -0.379 e. The van der Waals surface area contributed by atoms with Crippen LogP contribution in [0.3, 0.4) is 0 Å². The van der Waals surface area contributed by atoms with Crippen molar-refractivity contribution in [1.82, 2.24) is 10.2 Å². The maximum Gasteiger partial charge on any atom is 0.239 e. The molecule has 0 radical (unpaired) electrons. The summed E-state index contributed by atoms with van der Waals surface area (Å²) in [5, 5.41) is 2.79. The van der Waals surface area contributed by atoms with Crippen LogP contribution in [-0.2, 0) is 14.3 Å². The number of nitrogens with zero attached hydrogens (tertiary/aromatic N) is 1. The molecule has 0 spiro atoms. The molecule has 110 valence electrons. The summed E-state index contributed by atoms with van der Waals surface area (Å²) in [6, 6.07) is -0.318. The number of carbonyl (C=O) groups excluding carboxylic acids is 2. The van der Waals surface area contributed by atoms with Gasteiger partial charge in [-0.3, -0.25) is 9.59 Å². The van der Waals surface area contributed by atoms with Gasteiger partial charge in [-0.1, -0.05) is 13.8 Å². The number of likely N-dealkylation sites (N-methyl/N-ethyl adjacent to an activating group) is 1. The molecular formula is C13H25N3O3. The van der Waals surface area contributed by atoms with Crippen molar-refractivity contribution in [2.45, 2.75) is 26.8 Å². The SMILES string of the molecule is CC(C)CNC(=O)CN(C)C(=O)C1(C)COCC1N. The first-order valence-corrected chi connectivity index (χ1v) is 6.63. The van der Waals surface area contributed by atoms with Crippen LogP contribution in [-0.4, -0.2) is 56.1 Å². The van der Waals surface area contributed by atoms with Crippen molar-refractivity contribution >= 4 is 11.8 Å². The third kappa shape index (κ3) is 3.91. The Balaban J connectivity index is 2.51. The van der Waals surface area contributed by atoms with Crippen molar-refractivity contribution < 1.29 is 14.3 Å². The third-order valence-electron chi connectivity index (χ3n) is 3.44. The number of hydrogen-bond acceptors (Lipinski definition) is 4. The van der Waals surface area contributed by atoms with E-state index in [9.17, 15) is 9.59 Å². The minimum absolute atomic E-state index is 0.0495. The van der Waals surface area contributed by atoms with Crippen LogP contribution < -0.4 is 11.1 Å². The van der Waals surface area contributed by atoms with E-state index in [1.165, 1.54) is 4.90 Å². The quantitative estimate of drug-likeness (QED) is 0.711. The van der Waals surface area contributed by atoms with Crippen molar-refractivity contribution in [3.05, 3.63) is 0 Å². The fourth-order valence-corrected chi connectivity index (χ4v) is 2.01. The number of ether oxygens (including phenoxy) is 1. The molecule has 0 saturated carbocycles. The molecule has 0 aliphatic carbocycles. The topological polar surface area (TPSA) is 84.7 Å². The summed E-state index contributed by atoms with van der Waals surface area (Å²) in [7, 11) is 1.62. The Morgan fingerprint density at radius 1 is 1.53 bits per heavy atom. The lowest BCUT2D eigenvalue weighted by molar-refractivity contribution is -0.143. The summed E-state index contributed by atoms with van der Waals surface area (Å²) < 4.78 is 5.25. The van der Waals surface area contributed by atoms with Crippen LogP contribution in [0.1, 0.15) is 20.8 Å². The van der Waals surface area contributed by atoms with Gasteiger partial charge in [0, 0.05) is 19.6 Å². The molecule has 1 saturated heterocycles. The van der Waals surface area contributed by atoms with Crippen molar-refractivity contribution in [3.8, 4) is 0 Å². The largest absolute Gasteiger partial charge is 0.379 e. The zero-order valence-electron chi connectivity index (χ0n) is 12.2. The van der Waals surface area contributed by atoms with E-state index in [0.29, 0.717) is 25.7 Å². The first-order valence-electron chi connectivity index (χ1n) is 6.63. The van der Waals surface area contributed by atoms with Crippen molar-refractivity contribution in [3.63, 3.8) is 0 Å². The molecule has 1 aliphatic heterocycles. The smallest absolute Gasteiger partial charge is 0.239 e. The van der Waals surface area contributed by atoms with E-state index < -0.39 is 5.41 Å². The third-order valence-corrected chi connectivity index (χ3v) is 3.44. The lowest BCUT2D eigenvalue weighted by atomic mass is 9.84. The molecule has 2 amide bonds. The highest BCUT2D eigenvalue weighted by molar-refractivity contribution is 5.88. The van der Waals surface area contributed by atoms with Gasteiger partial charge in [0.05, 0.1) is 25.2 Å². The predicted octanol–water partition coefficient (Wildman–Crippen LogP) is -0.419. The first kappa shape index (κ1) is 15.9. The van der Waals surface area contributed by atoms with Crippen LogP contribution in [0.4, 0.5) is 0 Å². The van der Waals surface area contributed by atoms with E-state index in [4.69, 9.17) is 10.5 Å². The average Bonchev–Trinajstić information content (AvgIpc) is 2.67. The molecule has 2 unspecified atom stereocenters. The highest BCUT2D eigenvalue weighted by atomic mass is 16.5. The van der Waals surface area contributed by atoms with E-state index in [1.807, 2.05) is 13.8 Å². The maximum absolute atomic E-state index is 12.3. The highest BCUT2D eigenvalue weighted by Crippen LogP contribution is 2.28. The number of amides is 2. The Hall–Kier alpha value is -1.14. The fourth-order valence-electron chi connectivity index (χ4n) is 2.01. The second-order valence-electron chi connectivity index (χ2n) is 5.90. The van der Waals surface area contributed by atoms with Gasteiger partial charge in [-0.25, -0.2) is 0 Å². The molecule has 19 heavy (non-hydrogen) atoms. The van der Waals surface area contributed by atoms with Gasteiger partial charge in [-0.15, -0.1) is 0 Å². The Morgan fingerprint density at radius 3 is 2.63 bits per heavy atom. The second-order valence-corrected chi connectivity index (χ2v) is 5.90. The number of nitrogens with one attached hydrogen (secondary N) is 1. The standard InChI is InChI=1S/C13H25N3O3/c1-9(2)5-15-11(17)6-16(4)12(18)13(3)8-19-7-10(13)14/h9-10H,5-8,14H2,1-4H3,(H,15,17). The predicted molar refractivity (Wildman–Crippen MR) is 72.4 cm³/mol. The van der Waals surface area contributed by atoms with Gasteiger partial charge in [0.25, 0.3) is 0 Å². The van der Waals surface area contributed by atoms with Gasteiger partial charge in [-0.05, 0) is 12.8 Å². The zero-order valence-corrected chi connectivity index (χ0v) is 12.2. The normalized spacial score (nSPS) is 26.5. The molecule has 2 atom stereocenters. The summed E-state index contributed by atoms with van der Waals surface area (Å²) in [5.74, 6) is 0.0944. The Bertz CT molecular complexity index is 346. The first-order chi connectivity index (χ1) is 8.77. The van der Waals surface area contributed by atoms with Crippen LogP contribution >= 0.6 is 0 Å². The van der Waals surface area contributed by atoms with Crippen molar-refractivity contribution in [2.75, 3.05) is 33.4 Å². The van der Waals surface area contributed by atoms with E-state index in [0.717, 1.165) is 0 Å². The Labute approximate surface area is 114 Å². The van der Waals surface area contributed by atoms with Gasteiger partial charge in [0.1, 0.15) is 0 Å². The molecule has 0 bridgehead atoms. The van der Waals surface area contributed by atoms with Crippen molar-refractivity contribution in [1.29, 1.82) is 0 Å². The molecular weight excluding hydrogens is 246 g/mol. The summed E-state index contributed by atoms with van der Waals surface area (Å²) >= 11 is 0. The molecule has 1 aliphatic rings. The average molecular weight is 271 g/mol. The lowest BCUT2D eigenvalue weighted by Gasteiger charge is -2.30. The van der Waals surface area contributed by atoms with Crippen LogP contribution in [0.5, 0.6) is 0 Å². The fraction of sp³-hybridized carbons (Fsp3) is 0.846. The van der Waals surface area contributed by atoms with Crippen LogP contribution in [0.15, 0.2) is 0 Å². The van der Waals surface area contributed by atoms with E-state index in [2.05, 4.69) is 5.32 Å². The highest BCUT2D eigenvalue weighted by Gasteiger charge is 2.45. The molecule has 0 aromatic rings. The van der Waals surface area contributed by atoms with Gasteiger partial charge < -0.3 is 20.7 Å². The van der Waals surface area contributed by atoms with Gasteiger partial charge in [-0.2, -0.15) is 0 Å². The molecule has 0 aromatic carbocycles. The van der Waals surface area contributed by atoms with E-state index in [1.54, 1.807) is 14.0 Å². The Morgan fingerprint density at radius 2 is 2.16 bits per heavy atom. The zero-order chi connectivity index (χ0) is 14.6. The molecule has 0 aromatic heterocycles. The molecule has 1 fully saturated rings. The van der Waals surface area contributed by atoms with Crippen molar-refractivity contribution in [2.24, 2.45) is 17.1 Å². The molecule has 6 nitrogen and oxygen atoms in total. The van der Waals surface area contributed by atoms with Crippen LogP contribution in [0, 0.1) is 11.3 Å². The summed E-state index contributed by atoms with van der Waals surface area (Å²) in [5.41, 5.74) is 5.18. The summed E-state index contributed by atoms with van der Waals surface area (Å²) in [6.07, 6.45) is 0. The number of nitrogens with two attached hydrogens (primary N) is 1. The molecule has 1 heterocycles. The van der Waals surface area contributed by atoms with Gasteiger partial charge >= 0.3 is 0 Å². The molecule has 1 rings (SSSR count). The summed E-state index contributed by atoms with van der Waals surface area (Å²) in [4.78, 5) is 25.5.